The topological polar surface area (TPSA) is 26.3 Å². The van der Waals surface area contributed by atoms with E-state index in [2.05, 4.69) is 6.07 Å². The fraction of sp³-hybridized carbons (Fsp3) is 0.562. The van der Waals surface area contributed by atoms with Gasteiger partial charge in [-0.3, -0.25) is 4.79 Å². The molecule has 0 spiro atoms. The first-order chi connectivity index (χ1) is 8.83. The monoisotopic (exact) mass is 244 g/mol. The predicted octanol–water partition coefficient (Wildman–Crippen LogP) is 3.70. The molecule has 1 aromatic carbocycles. The summed E-state index contributed by atoms with van der Waals surface area (Å²) in [5, 5.41) is 0. The molecule has 0 N–H and O–H groups in total. The maximum atomic E-state index is 12.1. The van der Waals surface area contributed by atoms with Crippen LogP contribution in [0.2, 0.25) is 0 Å². The summed E-state index contributed by atoms with van der Waals surface area (Å²) >= 11 is 0. The van der Waals surface area contributed by atoms with E-state index in [1.54, 1.807) is 0 Å². The molecule has 1 unspecified atom stereocenters. The quantitative estimate of drug-likeness (QED) is 0.807. The molecule has 2 heteroatoms. The third kappa shape index (κ3) is 2.43. The molecular formula is C16H20O2. The van der Waals surface area contributed by atoms with Gasteiger partial charge in [0, 0.05) is 12.8 Å². The summed E-state index contributed by atoms with van der Waals surface area (Å²) in [6.07, 6.45) is 6.33. The van der Waals surface area contributed by atoms with Gasteiger partial charge in [-0.25, -0.2) is 0 Å². The summed E-state index contributed by atoms with van der Waals surface area (Å²) in [5.41, 5.74) is 1.23. The SMILES string of the molecule is O=C(CC1CCC1)CC1CCOc2ccccc21. The van der Waals surface area contributed by atoms with Gasteiger partial charge in [-0.1, -0.05) is 37.5 Å². The first-order valence-electron chi connectivity index (χ1n) is 7.06. The number of rotatable bonds is 4. The van der Waals surface area contributed by atoms with Crippen molar-refractivity contribution in [2.75, 3.05) is 6.61 Å². The molecule has 1 atom stereocenters. The van der Waals surface area contributed by atoms with Crippen LogP contribution in [-0.4, -0.2) is 12.4 Å². The second-order valence-corrected chi connectivity index (χ2v) is 5.62. The Morgan fingerprint density at radius 1 is 1.17 bits per heavy atom. The number of carbonyl (C=O) groups is 1. The van der Waals surface area contributed by atoms with E-state index in [0.29, 0.717) is 24.0 Å². The molecule has 0 amide bonds. The van der Waals surface area contributed by atoms with Gasteiger partial charge in [-0.05, 0) is 29.9 Å². The molecule has 1 aromatic rings. The number of Topliss-reactive ketones (excluding diaryl/α,β-unsaturated/α-hetero) is 1. The summed E-state index contributed by atoms with van der Waals surface area (Å²) in [5.74, 6) is 2.49. The molecule has 1 heterocycles. The normalized spacial score (nSPS) is 22.8. The molecule has 3 rings (SSSR count). The van der Waals surface area contributed by atoms with Crippen molar-refractivity contribution >= 4 is 5.78 Å². The van der Waals surface area contributed by atoms with Crippen LogP contribution in [0, 0.1) is 5.92 Å². The third-order valence-electron chi connectivity index (χ3n) is 4.30. The Balaban J connectivity index is 1.64. The lowest BCUT2D eigenvalue weighted by molar-refractivity contribution is -0.121. The molecular weight excluding hydrogens is 224 g/mol. The van der Waals surface area contributed by atoms with Crippen LogP contribution in [0.3, 0.4) is 0 Å². The molecule has 18 heavy (non-hydrogen) atoms. The van der Waals surface area contributed by atoms with Crippen molar-refractivity contribution < 1.29 is 9.53 Å². The Labute approximate surface area is 108 Å². The Morgan fingerprint density at radius 2 is 2.00 bits per heavy atom. The number of ether oxygens (including phenoxy) is 1. The van der Waals surface area contributed by atoms with Gasteiger partial charge in [0.1, 0.15) is 11.5 Å². The van der Waals surface area contributed by atoms with Gasteiger partial charge in [0.15, 0.2) is 0 Å². The average molecular weight is 244 g/mol. The van der Waals surface area contributed by atoms with Crippen LogP contribution in [0.15, 0.2) is 24.3 Å². The number of carbonyl (C=O) groups excluding carboxylic acids is 1. The first-order valence-corrected chi connectivity index (χ1v) is 7.06. The Bertz CT molecular complexity index is 434. The van der Waals surface area contributed by atoms with E-state index in [4.69, 9.17) is 4.74 Å². The molecule has 1 saturated carbocycles. The average Bonchev–Trinajstić information content (AvgIpc) is 2.34. The highest BCUT2D eigenvalue weighted by Gasteiger charge is 2.26. The smallest absolute Gasteiger partial charge is 0.133 e. The van der Waals surface area contributed by atoms with Crippen LogP contribution >= 0.6 is 0 Å². The highest BCUT2D eigenvalue weighted by molar-refractivity contribution is 5.79. The summed E-state index contributed by atoms with van der Waals surface area (Å²) in [6.45, 7) is 0.748. The summed E-state index contributed by atoms with van der Waals surface area (Å²) in [7, 11) is 0. The molecule has 1 aliphatic heterocycles. The molecule has 0 radical (unpaired) electrons. The van der Waals surface area contributed by atoms with Crippen LogP contribution in [-0.2, 0) is 4.79 Å². The fourth-order valence-electron chi connectivity index (χ4n) is 3.00. The number of benzene rings is 1. The van der Waals surface area contributed by atoms with Gasteiger partial charge < -0.3 is 4.74 Å². The summed E-state index contributed by atoms with van der Waals surface area (Å²) in [4.78, 5) is 12.1. The Morgan fingerprint density at radius 3 is 2.78 bits per heavy atom. The molecule has 1 fully saturated rings. The highest BCUT2D eigenvalue weighted by atomic mass is 16.5. The lowest BCUT2D eigenvalue weighted by Gasteiger charge is -2.28. The lowest BCUT2D eigenvalue weighted by atomic mass is 9.79. The van der Waals surface area contributed by atoms with Crippen molar-refractivity contribution in [1.29, 1.82) is 0 Å². The zero-order valence-electron chi connectivity index (χ0n) is 10.7. The van der Waals surface area contributed by atoms with Crippen LogP contribution in [0.5, 0.6) is 5.75 Å². The van der Waals surface area contributed by atoms with Crippen LogP contribution < -0.4 is 4.74 Å². The maximum Gasteiger partial charge on any atom is 0.133 e. The number of ketones is 1. The molecule has 0 aromatic heterocycles. The lowest BCUT2D eigenvalue weighted by Crippen LogP contribution is -2.20. The van der Waals surface area contributed by atoms with E-state index in [1.165, 1.54) is 24.8 Å². The standard InChI is InChI=1S/C16H20O2/c17-14(10-12-4-3-5-12)11-13-8-9-18-16-7-2-1-6-15(13)16/h1-2,6-7,12-13H,3-5,8-11H2. The van der Waals surface area contributed by atoms with Crippen LogP contribution in [0.25, 0.3) is 0 Å². The summed E-state index contributed by atoms with van der Waals surface area (Å²) < 4.78 is 5.64. The van der Waals surface area contributed by atoms with Gasteiger partial charge in [-0.2, -0.15) is 0 Å². The van der Waals surface area contributed by atoms with Crippen LogP contribution in [0.4, 0.5) is 0 Å². The van der Waals surface area contributed by atoms with E-state index >= 15 is 0 Å². The number of para-hydroxylation sites is 1. The predicted molar refractivity (Wildman–Crippen MR) is 70.9 cm³/mol. The van der Waals surface area contributed by atoms with Gasteiger partial charge in [0.2, 0.25) is 0 Å². The molecule has 2 nitrogen and oxygen atoms in total. The second-order valence-electron chi connectivity index (χ2n) is 5.62. The molecule has 2 aliphatic rings. The Hall–Kier alpha value is -1.31. The molecule has 96 valence electrons. The van der Waals surface area contributed by atoms with Crippen molar-refractivity contribution in [3.63, 3.8) is 0 Å². The number of fused-ring (bicyclic) bond motifs is 1. The van der Waals surface area contributed by atoms with E-state index in [1.807, 2.05) is 18.2 Å². The van der Waals surface area contributed by atoms with Gasteiger partial charge in [-0.15, -0.1) is 0 Å². The minimum absolute atomic E-state index is 0.377. The van der Waals surface area contributed by atoms with Crippen molar-refractivity contribution in [2.24, 2.45) is 5.92 Å². The first kappa shape index (κ1) is 11.8. The minimum atomic E-state index is 0.377. The van der Waals surface area contributed by atoms with E-state index in [0.717, 1.165) is 25.2 Å². The van der Waals surface area contributed by atoms with Crippen molar-refractivity contribution in [3.8, 4) is 5.75 Å². The Kier molecular flexibility index (Phi) is 3.35. The zero-order chi connectivity index (χ0) is 12.4. The van der Waals surface area contributed by atoms with Gasteiger partial charge in [0.25, 0.3) is 0 Å². The molecule has 0 bridgehead atoms. The minimum Gasteiger partial charge on any atom is -0.493 e. The zero-order valence-corrected chi connectivity index (χ0v) is 10.7. The van der Waals surface area contributed by atoms with E-state index in [9.17, 15) is 4.79 Å². The van der Waals surface area contributed by atoms with Crippen molar-refractivity contribution in [2.45, 2.75) is 44.4 Å². The second kappa shape index (κ2) is 5.13. The highest BCUT2D eigenvalue weighted by Crippen LogP contribution is 2.37. The fourth-order valence-corrected chi connectivity index (χ4v) is 3.00. The van der Waals surface area contributed by atoms with Gasteiger partial charge in [0.05, 0.1) is 6.61 Å². The summed E-state index contributed by atoms with van der Waals surface area (Å²) in [6, 6.07) is 8.15. The van der Waals surface area contributed by atoms with Gasteiger partial charge >= 0.3 is 0 Å². The van der Waals surface area contributed by atoms with Crippen molar-refractivity contribution in [1.82, 2.24) is 0 Å². The van der Waals surface area contributed by atoms with Crippen LogP contribution in [0.1, 0.15) is 50.0 Å². The van der Waals surface area contributed by atoms with Crippen molar-refractivity contribution in [3.05, 3.63) is 29.8 Å². The maximum absolute atomic E-state index is 12.1. The number of hydrogen-bond acceptors (Lipinski definition) is 2. The van der Waals surface area contributed by atoms with E-state index in [-0.39, 0.29) is 0 Å². The third-order valence-corrected chi connectivity index (χ3v) is 4.30. The largest absolute Gasteiger partial charge is 0.493 e. The number of hydrogen-bond donors (Lipinski definition) is 0. The molecule has 1 aliphatic carbocycles. The molecule has 0 saturated heterocycles. The van der Waals surface area contributed by atoms with E-state index < -0.39 is 0 Å².